The van der Waals surface area contributed by atoms with Gasteiger partial charge in [-0.3, -0.25) is 0 Å². The molecule has 37 heavy (non-hydrogen) atoms. The molecule has 0 unspecified atom stereocenters. The lowest BCUT2D eigenvalue weighted by Gasteiger charge is -2.08. The van der Waals surface area contributed by atoms with Crippen LogP contribution in [0.2, 0.25) is 0 Å². The van der Waals surface area contributed by atoms with Crippen molar-refractivity contribution in [1.29, 1.82) is 0 Å². The van der Waals surface area contributed by atoms with Gasteiger partial charge >= 0.3 is 17.9 Å². The predicted octanol–water partition coefficient (Wildman–Crippen LogP) is 6.60. The standard InChI is InChI=1S/C30H28O6S/c1-2-28(31)34-19-3-4-20-37-27-17-11-24(12-18-27)30(33)36-26-15-9-23(10-16-26)29(32)35-25-13-7-22(8-14-25)21-5-6-21/h2,7-18,21H,1,3-6,19-20H2. The first kappa shape index (κ1) is 26.2. The van der Waals surface area contributed by atoms with E-state index in [1.54, 1.807) is 48.2 Å². The Morgan fingerprint density at radius 1 is 0.784 bits per heavy atom. The maximum Gasteiger partial charge on any atom is 0.343 e. The summed E-state index contributed by atoms with van der Waals surface area (Å²) in [7, 11) is 0. The third-order valence-electron chi connectivity index (χ3n) is 5.75. The molecule has 0 saturated heterocycles. The quantitative estimate of drug-likeness (QED) is 0.0882. The van der Waals surface area contributed by atoms with Gasteiger partial charge in [-0.2, -0.15) is 0 Å². The fraction of sp³-hybridized carbons (Fsp3) is 0.233. The molecule has 0 radical (unpaired) electrons. The zero-order valence-electron chi connectivity index (χ0n) is 20.4. The summed E-state index contributed by atoms with van der Waals surface area (Å²) < 4.78 is 15.8. The Hall–Kier alpha value is -3.84. The molecular weight excluding hydrogens is 488 g/mol. The maximum absolute atomic E-state index is 12.5. The van der Waals surface area contributed by atoms with Gasteiger partial charge in [0.1, 0.15) is 11.5 Å². The zero-order valence-corrected chi connectivity index (χ0v) is 21.2. The highest BCUT2D eigenvalue weighted by molar-refractivity contribution is 7.99. The van der Waals surface area contributed by atoms with Crippen molar-refractivity contribution in [3.05, 3.63) is 102 Å². The fourth-order valence-corrected chi connectivity index (χ4v) is 4.44. The Morgan fingerprint density at radius 2 is 1.32 bits per heavy atom. The van der Waals surface area contributed by atoms with Crippen LogP contribution in [0.1, 0.15) is 57.9 Å². The molecule has 0 heterocycles. The van der Waals surface area contributed by atoms with E-state index in [2.05, 4.69) is 6.58 Å². The van der Waals surface area contributed by atoms with Crippen molar-refractivity contribution >= 4 is 29.7 Å². The van der Waals surface area contributed by atoms with Crippen LogP contribution >= 0.6 is 11.8 Å². The van der Waals surface area contributed by atoms with Gasteiger partial charge in [-0.25, -0.2) is 14.4 Å². The number of hydrogen-bond acceptors (Lipinski definition) is 7. The largest absolute Gasteiger partial charge is 0.463 e. The number of benzene rings is 3. The smallest absolute Gasteiger partial charge is 0.343 e. The van der Waals surface area contributed by atoms with Gasteiger partial charge in [-0.15, -0.1) is 11.8 Å². The number of carbonyl (C=O) groups excluding carboxylic acids is 3. The van der Waals surface area contributed by atoms with Crippen molar-refractivity contribution in [1.82, 2.24) is 0 Å². The molecule has 0 atom stereocenters. The molecule has 6 nitrogen and oxygen atoms in total. The topological polar surface area (TPSA) is 78.9 Å². The molecule has 190 valence electrons. The van der Waals surface area contributed by atoms with Crippen LogP contribution in [0.25, 0.3) is 0 Å². The van der Waals surface area contributed by atoms with Crippen LogP contribution in [0.5, 0.6) is 11.5 Å². The Bertz CT molecular complexity index is 1230. The number of rotatable bonds is 12. The van der Waals surface area contributed by atoms with Gasteiger partial charge in [0.25, 0.3) is 0 Å². The van der Waals surface area contributed by atoms with E-state index in [4.69, 9.17) is 14.2 Å². The number of ether oxygens (including phenoxy) is 3. The van der Waals surface area contributed by atoms with E-state index in [1.807, 2.05) is 36.4 Å². The Labute approximate surface area is 220 Å². The van der Waals surface area contributed by atoms with Crippen molar-refractivity contribution in [2.45, 2.75) is 36.5 Å². The number of thioether (sulfide) groups is 1. The Kier molecular flexibility index (Phi) is 9.16. The highest BCUT2D eigenvalue weighted by Gasteiger charge is 2.23. The number of hydrogen-bond donors (Lipinski definition) is 0. The van der Waals surface area contributed by atoms with Crippen molar-refractivity contribution < 1.29 is 28.6 Å². The Balaban J connectivity index is 1.21. The zero-order chi connectivity index (χ0) is 26.0. The molecule has 0 amide bonds. The van der Waals surface area contributed by atoms with Crippen LogP contribution in [0, 0.1) is 0 Å². The van der Waals surface area contributed by atoms with E-state index >= 15 is 0 Å². The molecule has 4 rings (SSSR count). The third-order valence-corrected chi connectivity index (χ3v) is 6.85. The molecular formula is C30H28O6S. The minimum Gasteiger partial charge on any atom is -0.463 e. The van der Waals surface area contributed by atoms with Crippen LogP contribution in [-0.4, -0.2) is 30.3 Å². The first-order chi connectivity index (χ1) is 18.0. The van der Waals surface area contributed by atoms with Crippen LogP contribution in [0.4, 0.5) is 0 Å². The van der Waals surface area contributed by atoms with Gasteiger partial charge < -0.3 is 14.2 Å². The molecule has 1 saturated carbocycles. The van der Waals surface area contributed by atoms with E-state index in [1.165, 1.54) is 18.4 Å². The van der Waals surface area contributed by atoms with Crippen LogP contribution in [0.3, 0.4) is 0 Å². The van der Waals surface area contributed by atoms with E-state index in [9.17, 15) is 14.4 Å². The summed E-state index contributed by atoms with van der Waals surface area (Å²) in [4.78, 5) is 37.0. The lowest BCUT2D eigenvalue weighted by atomic mass is 10.1. The average Bonchev–Trinajstić information content (AvgIpc) is 3.77. The van der Waals surface area contributed by atoms with E-state index in [-0.39, 0.29) is 0 Å². The van der Waals surface area contributed by atoms with Gasteiger partial charge in [0.05, 0.1) is 17.7 Å². The highest BCUT2D eigenvalue weighted by Crippen LogP contribution is 2.40. The summed E-state index contributed by atoms with van der Waals surface area (Å²) in [6, 6.07) is 21.1. The molecule has 0 aliphatic heterocycles. The third kappa shape index (κ3) is 8.08. The van der Waals surface area contributed by atoms with Crippen LogP contribution in [-0.2, 0) is 9.53 Å². The number of unbranched alkanes of at least 4 members (excludes halogenated alkanes) is 1. The molecule has 3 aromatic carbocycles. The second-order valence-corrected chi connectivity index (χ2v) is 9.77. The fourth-order valence-electron chi connectivity index (χ4n) is 3.53. The van der Waals surface area contributed by atoms with Gasteiger partial charge in [0.2, 0.25) is 0 Å². The van der Waals surface area contributed by atoms with Crippen molar-refractivity contribution in [2.75, 3.05) is 12.4 Å². The molecule has 0 aromatic heterocycles. The maximum atomic E-state index is 12.5. The SMILES string of the molecule is C=CC(=O)OCCCCSc1ccc(C(=O)Oc2ccc(C(=O)Oc3ccc(C4CC4)cc3)cc2)cc1. The van der Waals surface area contributed by atoms with Gasteiger partial charge in [-0.1, -0.05) is 18.7 Å². The summed E-state index contributed by atoms with van der Waals surface area (Å²) in [5.41, 5.74) is 2.07. The molecule has 0 N–H and O–H groups in total. The van der Waals surface area contributed by atoms with E-state index in [0.717, 1.165) is 29.6 Å². The minimum absolute atomic E-state index is 0.339. The summed E-state index contributed by atoms with van der Waals surface area (Å²) in [5, 5.41) is 0. The predicted molar refractivity (Wildman–Crippen MR) is 142 cm³/mol. The minimum atomic E-state index is -0.480. The summed E-state index contributed by atoms with van der Waals surface area (Å²) >= 11 is 1.66. The number of carbonyl (C=O) groups is 3. The molecule has 7 heteroatoms. The second kappa shape index (κ2) is 12.9. The molecule has 1 fully saturated rings. The number of esters is 3. The molecule has 0 bridgehead atoms. The van der Waals surface area contributed by atoms with Crippen molar-refractivity contribution in [3.63, 3.8) is 0 Å². The van der Waals surface area contributed by atoms with Crippen LogP contribution in [0.15, 0.2) is 90.3 Å². The average molecular weight is 517 g/mol. The van der Waals surface area contributed by atoms with Gasteiger partial charge in [0.15, 0.2) is 0 Å². The van der Waals surface area contributed by atoms with Gasteiger partial charge in [-0.05, 0) is 104 Å². The van der Waals surface area contributed by atoms with Crippen molar-refractivity contribution in [2.24, 2.45) is 0 Å². The lowest BCUT2D eigenvalue weighted by Crippen LogP contribution is -2.10. The second-order valence-electron chi connectivity index (χ2n) is 8.60. The molecule has 1 aliphatic rings. The first-order valence-corrected chi connectivity index (χ1v) is 13.2. The van der Waals surface area contributed by atoms with Crippen molar-refractivity contribution in [3.8, 4) is 11.5 Å². The normalized spacial score (nSPS) is 12.4. The molecule has 3 aromatic rings. The van der Waals surface area contributed by atoms with E-state index < -0.39 is 17.9 Å². The van der Waals surface area contributed by atoms with Crippen LogP contribution < -0.4 is 9.47 Å². The molecule has 1 aliphatic carbocycles. The first-order valence-electron chi connectivity index (χ1n) is 12.2. The summed E-state index contributed by atoms with van der Waals surface area (Å²) in [6.07, 6.45) is 5.28. The van der Waals surface area contributed by atoms with E-state index in [0.29, 0.717) is 35.2 Å². The van der Waals surface area contributed by atoms with Gasteiger partial charge in [0, 0.05) is 11.0 Å². The monoisotopic (exact) mass is 516 g/mol. The Morgan fingerprint density at radius 3 is 1.86 bits per heavy atom. The lowest BCUT2D eigenvalue weighted by molar-refractivity contribution is -0.137. The summed E-state index contributed by atoms with van der Waals surface area (Å²) in [5.74, 6) is 1.00. The highest BCUT2D eigenvalue weighted by atomic mass is 32.2. The molecule has 0 spiro atoms. The summed E-state index contributed by atoms with van der Waals surface area (Å²) in [6.45, 7) is 3.74.